The number of rotatable bonds is 1. The predicted molar refractivity (Wildman–Crippen MR) is 66.1 cm³/mol. The fraction of sp³-hybridized carbons (Fsp3) is 0.143. The van der Waals surface area contributed by atoms with Crippen molar-refractivity contribution >= 4 is 16.5 Å². The van der Waals surface area contributed by atoms with Crippen molar-refractivity contribution in [3.63, 3.8) is 0 Å². The van der Waals surface area contributed by atoms with Crippen LogP contribution in [-0.2, 0) is 4.74 Å². The van der Waals surface area contributed by atoms with Gasteiger partial charge in [0.2, 0.25) is 0 Å². The summed E-state index contributed by atoms with van der Waals surface area (Å²) in [6.07, 6.45) is 3.80. The molecule has 0 bridgehead atoms. The van der Waals surface area contributed by atoms with Gasteiger partial charge in [0, 0.05) is 11.6 Å². The predicted octanol–water partition coefficient (Wildman–Crippen LogP) is 3.49. The quantitative estimate of drug-likeness (QED) is 0.715. The summed E-state index contributed by atoms with van der Waals surface area (Å²) in [6.45, 7) is 2.04. The second-order valence-electron chi connectivity index (χ2n) is 3.93. The minimum atomic E-state index is 0.0748. The third kappa shape index (κ3) is 1.34. The molecule has 1 aliphatic heterocycles. The maximum atomic E-state index is 5.41. The minimum absolute atomic E-state index is 0.0748. The average Bonchev–Trinajstić information content (AvgIpc) is 2.75. The fourth-order valence-electron chi connectivity index (χ4n) is 2.11. The van der Waals surface area contributed by atoms with E-state index in [9.17, 15) is 0 Å². The molecule has 0 radical (unpaired) electrons. The summed E-state index contributed by atoms with van der Waals surface area (Å²) in [4.78, 5) is 2.14. The zero-order valence-corrected chi connectivity index (χ0v) is 9.13. The topological polar surface area (TPSA) is 12.5 Å². The van der Waals surface area contributed by atoms with Crippen LogP contribution in [0.15, 0.2) is 54.9 Å². The molecule has 0 fully saturated rings. The maximum Gasteiger partial charge on any atom is 0.172 e. The summed E-state index contributed by atoms with van der Waals surface area (Å²) < 4.78 is 5.41. The van der Waals surface area contributed by atoms with Crippen molar-refractivity contribution in [3.8, 4) is 0 Å². The molecule has 1 heterocycles. The van der Waals surface area contributed by atoms with Crippen molar-refractivity contribution in [3.05, 3.63) is 54.9 Å². The van der Waals surface area contributed by atoms with Crippen LogP contribution in [0.25, 0.3) is 10.8 Å². The third-order valence-electron chi connectivity index (χ3n) is 2.93. The summed E-state index contributed by atoms with van der Waals surface area (Å²) in [7, 11) is 0. The summed E-state index contributed by atoms with van der Waals surface area (Å²) in [6, 6.07) is 14.7. The number of benzene rings is 2. The Morgan fingerprint density at radius 1 is 1.06 bits per heavy atom. The zero-order chi connectivity index (χ0) is 11.0. The molecule has 0 N–H and O–H groups in total. The van der Waals surface area contributed by atoms with Crippen molar-refractivity contribution in [1.82, 2.24) is 0 Å². The van der Waals surface area contributed by atoms with E-state index in [1.165, 1.54) is 16.5 Å². The molecule has 0 spiro atoms. The lowest BCUT2D eigenvalue weighted by molar-refractivity contribution is 0.190. The molecule has 0 aromatic heterocycles. The summed E-state index contributed by atoms with van der Waals surface area (Å²) in [5.74, 6) is 0. The van der Waals surface area contributed by atoms with Crippen LogP contribution in [0.4, 0.5) is 5.69 Å². The van der Waals surface area contributed by atoms with Gasteiger partial charge in [-0.15, -0.1) is 0 Å². The highest BCUT2D eigenvalue weighted by Gasteiger charge is 2.18. The number of fused-ring (bicyclic) bond motifs is 1. The van der Waals surface area contributed by atoms with Gasteiger partial charge in [-0.3, -0.25) is 0 Å². The van der Waals surface area contributed by atoms with Gasteiger partial charge in [0.25, 0.3) is 0 Å². The Morgan fingerprint density at radius 2 is 1.88 bits per heavy atom. The summed E-state index contributed by atoms with van der Waals surface area (Å²) in [5.41, 5.74) is 1.19. The van der Waals surface area contributed by atoms with Crippen molar-refractivity contribution < 1.29 is 4.74 Å². The number of hydrogen-bond donors (Lipinski definition) is 0. The van der Waals surface area contributed by atoms with E-state index < -0.39 is 0 Å². The molecule has 1 unspecified atom stereocenters. The van der Waals surface area contributed by atoms with E-state index in [1.54, 1.807) is 6.26 Å². The van der Waals surface area contributed by atoms with Crippen LogP contribution in [0.2, 0.25) is 0 Å². The van der Waals surface area contributed by atoms with E-state index in [-0.39, 0.29) is 6.23 Å². The first-order chi connectivity index (χ1) is 7.86. The van der Waals surface area contributed by atoms with Gasteiger partial charge in [-0.25, -0.2) is 0 Å². The molecule has 1 atom stereocenters. The standard InChI is InChI=1S/C14H13NO/c1-11-15(9-10-16-11)14-8-4-6-12-5-2-3-7-13(12)14/h2-11H,1H3. The Morgan fingerprint density at radius 3 is 2.69 bits per heavy atom. The van der Waals surface area contributed by atoms with Gasteiger partial charge in [0.15, 0.2) is 6.23 Å². The van der Waals surface area contributed by atoms with Crippen molar-refractivity contribution in [2.45, 2.75) is 13.2 Å². The fourth-order valence-corrected chi connectivity index (χ4v) is 2.11. The van der Waals surface area contributed by atoms with Crippen LogP contribution < -0.4 is 4.90 Å². The van der Waals surface area contributed by atoms with E-state index in [2.05, 4.69) is 47.4 Å². The highest BCUT2D eigenvalue weighted by Crippen LogP contribution is 2.30. The molecule has 0 aliphatic carbocycles. The molecule has 0 saturated carbocycles. The molecule has 1 aliphatic rings. The van der Waals surface area contributed by atoms with Crippen LogP contribution in [0.1, 0.15) is 6.92 Å². The third-order valence-corrected chi connectivity index (χ3v) is 2.93. The highest BCUT2D eigenvalue weighted by molar-refractivity contribution is 5.94. The molecule has 2 aromatic rings. The SMILES string of the molecule is CC1OC=CN1c1cccc2ccccc12. The van der Waals surface area contributed by atoms with Crippen molar-refractivity contribution in [1.29, 1.82) is 0 Å². The number of anilines is 1. The second kappa shape index (κ2) is 3.56. The first kappa shape index (κ1) is 9.28. The molecule has 0 saturated heterocycles. The molecule has 2 heteroatoms. The van der Waals surface area contributed by atoms with Crippen LogP contribution in [0, 0.1) is 0 Å². The summed E-state index contributed by atoms with van der Waals surface area (Å²) in [5, 5.41) is 2.51. The number of ether oxygens (including phenoxy) is 1. The van der Waals surface area contributed by atoms with Gasteiger partial charge in [-0.1, -0.05) is 36.4 Å². The molecular weight excluding hydrogens is 198 g/mol. The van der Waals surface area contributed by atoms with Gasteiger partial charge in [-0.05, 0) is 18.4 Å². The van der Waals surface area contributed by atoms with E-state index in [0.717, 1.165) is 0 Å². The average molecular weight is 211 g/mol. The lowest BCUT2D eigenvalue weighted by atomic mass is 10.1. The zero-order valence-electron chi connectivity index (χ0n) is 9.13. The van der Waals surface area contributed by atoms with Crippen LogP contribution in [-0.4, -0.2) is 6.23 Å². The second-order valence-corrected chi connectivity index (χ2v) is 3.93. The Balaban J connectivity index is 2.19. The van der Waals surface area contributed by atoms with Crippen molar-refractivity contribution in [2.24, 2.45) is 0 Å². The molecule has 3 rings (SSSR count). The monoisotopic (exact) mass is 211 g/mol. The Hall–Kier alpha value is -1.96. The van der Waals surface area contributed by atoms with E-state index in [0.29, 0.717) is 0 Å². The van der Waals surface area contributed by atoms with Gasteiger partial charge in [0.1, 0.15) is 6.26 Å². The molecule has 16 heavy (non-hydrogen) atoms. The Kier molecular flexibility index (Phi) is 2.07. The first-order valence-electron chi connectivity index (χ1n) is 5.44. The van der Waals surface area contributed by atoms with E-state index in [4.69, 9.17) is 4.74 Å². The van der Waals surface area contributed by atoms with Gasteiger partial charge in [0.05, 0.1) is 5.69 Å². The Labute approximate surface area is 94.8 Å². The highest BCUT2D eigenvalue weighted by atomic mass is 16.5. The largest absolute Gasteiger partial charge is 0.477 e. The number of nitrogens with zero attached hydrogens (tertiary/aromatic N) is 1. The van der Waals surface area contributed by atoms with Crippen LogP contribution in [0.3, 0.4) is 0 Å². The lowest BCUT2D eigenvalue weighted by Crippen LogP contribution is -2.24. The van der Waals surface area contributed by atoms with Gasteiger partial charge in [-0.2, -0.15) is 0 Å². The van der Waals surface area contributed by atoms with E-state index >= 15 is 0 Å². The summed E-state index contributed by atoms with van der Waals surface area (Å²) >= 11 is 0. The molecular formula is C14H13NO. The molecule has 2 nitrogen and oxygen atoms in total. The van der Waals surface area contributed by atoms with E-state index in [1.807, 2.05) is 13.1 Å². The van der Waals surface area contributed by atoms with Crippen molar-refractivity contribution in [2.75, 3.05) is 4.90 Å². The first-order valence-corrected chi connectivity index (χ1v) is 5.44. The molecule has 80 valence electrons. The van der Waals surface area contributed by atoms with Gasteiger partial charge >= 0.3 is 0 Å². The van der Waals surface area contributed by atoms with Crippen LogP contribution >= 0.6 is 0 Å². The minimum Gasteiger partial charge on any atom is -0.477 e. The Bertz CT molecular complexity index is 542. The van der Waals surface area contributed by atoms with Gasteiger partial charge < -0.3 is 9.64 Å². The normalized spacial score (nSPS) is 19.1. The molecule has 0 amide bonds. The number of hydrogen-bond acceptors (Lipinski definition) is 2. The maximum absolute atomic E-state index is 5.41. The molecule has 2 aromatic carbocycles. The smallest absolute Gasteiger partial charge is 0.172 e. The lowest BCUT2D eigenvalue weighted by Gasteiger charge is -2.22. The van der Waals surface area contributed by atoms with Crippen LogP contribution in [0.5, 0.6) is 0 Å².